The number of ether oxygens (including phenoxy) is 1. The van der Waals surface area contributed by atoms with E-state index in [1.54, 1.807) is 0 Å². The van der Waals surface area contributed by atoms with E-state index in [1.165, 1.54) is 11.1 Å². The average molecular weight is 475 g/mol. The molecule has 4 atom stereocenters. The Hall–Kier alpha value is -3.61. The summed E-state index contributed by atoms with van der Waals surface area (Å²) in [7, 11) is 0. The molecule has 2 amide bonds. The number of fused-ring (bicyclic) bond motifs is 3. The van der Waals surface area contributed by atoms with E-state index in [4.69, 9.17) is 9.84 Å². The minimum atomic E-state index is -0.789. The Bertz CT molecular complexity index is 1110. The lowest BCUT2D eigenvalue weighted by Gasteiger charge is -2.18. The SMILES string of the molecule is O=C(O)CC1CCC(NC(=O)C2C=CC(NC(=O)OCC3c4ccccc4-c4ccccc43)C2)C1. The lowest BCUT2D eigenvalue weighted by molar-refractivity contribution is -0.138. The fraction of sp³-hybridized carbons (Fsp3) is 0.393. The first-order chi connectivity index (χ1) is 17.0. The number of benzene rings is 2. The number of carbonyl (C=O) groups excluding carboxylic acids is 2. The summed E-state index contributed by atoms with van der Waals surface area (Å²) in [6.45, 7) is 0.249. The molecule has 0 saturated heterocycles. The van der Waals surface area contributed by atoms with Gasteiger partial charge in [-0.15, -0.1) is 0 Å². The predicted molar refractivity (Wildman–Crippen MR) is 131 cm³/mol. The van der Waals surface area contributed by atoms with Crippen molar-refractivity contribution in [3.8, 4) is 11.1 Å². The highest BCUT2D eigenvalue weighted by Crippen LogP contribution is 2.44. The van der Waals surface area contributed by atoms with E-state index in [9.17, 15) is 14.4 Å². The third-order valence-electron chi connectivity index (χ3n) is 7.42. The van der Waals surface area contributed by atoms with Gasteiger partial charge in [0, 0.05) is 18.4 Å². The van der Waals surface area contributed by atoms with Crippen LogP contribution in [0.4, 0.5) is 4.79 Å². The summed E-state index contributed by atoms with van der Waals surface area (Å²) in [5, 5.41) is 14.9. The molecule has 1 saturated carbocycles. The largest absolute Gasteiger partial charge is 0.481 e. The fourth-order valence-electron chi connectivity index (χ4n) is 5.74. The summed E-state index contributed by atoms with van der Waals surface area (Å²) >= 11 is 0. The predicted octanol–water partition coefficient (Wildman–Crippen LogP) is 4.23. The molecule has 7 heteroatoms. The van der Waals surface area contributed by atoms with Gasteiger partial charge in [-0.1, -0.05) is 60.7 Å². The van der Waals surface area contributed by atoms with Crippen LogP contribution in [-0.4, -0.2) is 41.8 Å². The molecule has 3 aliphatic rings. The molecule has 0 aromatic heterocycles. The fourth-order valence-corrected chi connectivity index (χ4v) is 5.74. The zero-order chi connectivity index (χ0) is 24.4. The standard InChI is InChI=1S/C28H30N2O5/c31-26(32)14-17-9-11-19(13-17)29-27(33)18-10-12-20(15-18)30-28(34)35-16-25-23-7-3-1-5-21(23)22-6-2-4-8-24(22)25/h1-8,10,12,17-20,25H,9,11,13-16H2,(H,29,33)(H,30,34)(H,31,32). The van der Waals surface area contributed by atoms with Crippen LogP contribution in [0.5, 0.6) is 0 Å². The normalized spacial score (nSPS) is 24.6. The van der Waals surface area contributed by atoms with E-state index in [1.807, 2.05) is 36.4 Å². The summed E-state index contributed by atoms with van der Waals surface area (Å²) < 4.78 is 5.62. The molecule has 1 fully saturated rings. The van der Waals surface area contributed by atoms with Crippen molar-refractivity contribution in [2.75, 3.05) is 6.61 Å². The monoisotopic (exact) mass is 474 g/mol. The molecule has 4 unspecified atom stereocenters. The third kappa shape index (κ3) is 5.09. The first kappa shape index (κ1) is 23.1. The molecule has 0 heterocycles. The van der Waals surface area contributed by atoms with Crippen LogP contribution in [0.15, 0.2) is 60.7 Å². The highest BCUT2D eigenvalue weighted by Gasteiger charge is 2.32. The summed E-state index contributed by atoms with van der Waals surface area (Å²) in [5.74, 6) is -1.05. The average Bonchev–Trinajstić information content (AvgIpc) is 3.55. The lowest BCUT2D eigenvalue weighted by Crippen LogP contribution is -2.39. The first-order valence-electron chi connectivity index (χ1n) is 12.3. The van der Waals surface area contributed by atoms with E-state index in [0.717, 1.165) is 24.0 Å². The van der Waals surface area contributed by atoms with Crippen LogP contribution in [0.1, 0.15) is 49.1 Å². The van der Waals surface area contributed by atoms with E-state index < -0.39 is 12.1 Å². The molecule has 3 N–H and O–H groups in total. The van der Waals surface area contributed by atoms with Gasteiger partial charge in [-0.2, -0.15) is 0 Å². The van der Waals surface area contributed by atoms with Crippen molar-refractivity contribution >= 4 is 18.0 Å². The minimum absolute atomic E-state index is 0.00200. The van der Waals surface area contributed by atoms with Crippen molar-refractivity contribution in [2.24, 2.45) is 11.8 Å². The highest BCUT2D eigenvalue weighted by atomic mass is 16.5. The number of carboxylic acid groups (broad SMARTS) is 1. The Morgan fingerprint density at radius 2 is 1.57 bits per heavy atom. The van der Waals surface area contributed by atoms with Gasteiger partial charge in [0.05, 0.1) is 12.0 Å². The molecule has 0 spiro atoms. The molecular formula is C28H30N2O5. The van der Waals surface area contributed by atoms with Gasteiger partial charge >= 0.3 is 12.1 Å². The second-order valence-corrected chi connectivity index (χ2v) is 9.79. The first-order valence-corrected chi connectivity index (χ1v) is 12.3. The smallest absolute Gasteiger partial charge is 0.407 e. The van der Waals surface area contributed by atoms with Crippen LogP contribution in [0, 0.1) is 11.8 Å². The third-order valence-corrected chi connectivity index (χ3v) is 7.42. The van der Waals surface area contributed by atoms with Crippen LogP contribution in [0.2, 0.25) is 0 Å². The Kier molecular flexibility index (Phi) is 6.57. The van der Waals surface area contributed by atoms with Crippen LogP contribution in [0.25, 0.3) is 11.1 Å². The number of rotatable bonds is 7. The van der Waals surface area contributed by atoms with E-state index in [2.05, 4.69) is 34.9 Å². The van der Waals surface area contributed by atoms with Gasteiger partial charge in [0.15, 0.2) is 0 Å². The number of amides is 2. The van der Waals surface area contributed by atoms with Crippen LogP contribution < -0.4 is 10.6 Å². The van der Waals surface area contributed by atoms with Crippen molar-refractivity contribution < 1.29 is 24.2 Å². The maximum Gasteiger partial charge on any atom is 0.407 e. The number of alkyl carbamates (subject to hydrolysis) is 1. The summed E-state index contributed by atoms with van der Waals surface area (Å²) in [4.78, 5) is 36.1. The topological polar surface area (TPSA) is 105 Å². The molecule has 0 aliphatic heterocycles. The second-order valence-electron chi connectivity index (χ2n) is 9.79. The van der Waals surface area contributed by atoms with Crippen LogP contribution >= 0.6 is 0 Å². The van der Waals surface area contributed by atoms with Crippen molar-refractivity contribution in [1.82, 2.24) is 10.6 Å². The van der Waals surface area contributed by atoms with Crippen molar-refractivity contribution in [1.29, 1.82) is 0 Å². The summed E-state index contributed by atoms with van der Waals surface area (Å²) in [6.07, 6.45) is 6.15. The number of nitrogens with one attached hydrogen (secondary N) is 2. The molecule has 182 valence electrons. The number of hydrogen-bond acceptors (Lipinski definition) is 4. The number of carbonyl (C=O) groups is 3. The Morgan fingerprint density at radius 1 is 0.886 bits per heavy atom. The van der Waals surface area contributed by atoms with Gasteiger partial charge in [0.25, 0.3) is 0 Å². The maximum absolute atomic E-state index is 12.7. The van der Waals surface area contributed by atoms with Crippen molar-refractivity contribution in [3.05, 3.63) is 71.8 Å². The van der Waals surface area contributed by atoms with E-state index in [-0.39, 0.29) is 48.8 Å². The van der Waals surface area contributed by atoms with E-state index in [0.29, 0.717) is 12.8 Å². The number of aliphatic carboxylic acids is 1. The van der Waals surface area contributed by atoms with Crippen LogP contribution in [0.3, 0.4) is 0 Å². The van der Waals surface area contributed by atoms with Gasteiger partial charge < -0.3 is 20.5 Å². The van der Waals surface area contributed by atoms with Gasteiger partial charge in [0.2, 0.25) is 5.91 Å². The quantitative estimate of drug-likeness (QED) is 0.521. The second kappa shape index (κ2) is 9.94. The lowest BCUT2D eigenvalue weighted by atomic mass is 9.98. The van der Waals surface area contributed by atoms with Crippen molar-refractivity contribution in [3.63, 3.8) is 0 Å². The zero-order valence-electron chi connectivity index (χ0n) is 19.5. The molecule has 35 heavy (non-hydrogen) atoms. The van der Waals surface area contributed by atoms with Gasteiger partial charge in [-0.3, -0.25) is 9.59 Å². The summed E-state index contributed by atoms with van der Waals surface area (Å²) in [6, 6.07) is 16.2. The Balaban J connectivity index is 1.09. The zero-order valence-corrected chi connectivity index (χ0v) is 19.5. The number of carboxylic acids is 1. The molecule has 3 aliphatic carbocycles. The van der Waals surface area contributed by atoms with Gasteiger partial charge in [-0.25, -0.2) is 4.79 Å². The van der Waals surface area contributed by atoms with Crippen LogP contribution in [-0.2, 0) is 14.3 Å². The Morgan fingerprint density at radius 3 is 2.26 bits per heavy atom. The molecule has 5 rings (SSSR count). The Labute approximate surface area is 204 Å². The number of hydrogen-bond donors (Lipinski definition) is 3. The molecule has 7 nitrogen and oxygen atoms in total. The van der Waals surface area contributed by atoms with Gasteiger partial charge in [-0.05, 0) is 53.9 Å². The molecule has 0 bridgehead atoms. The maximum atomic E-state index is 12.7. The van der Waals surface area contributed by atoms with E-state index >= 15 is 0 Å². The minimum Gasteiger partial charge on any atom is -0.481 e. The molecular weight excluding hydrogens is 444 g/mol. The molecule has 2 aromatic carbocycles. The molecule has 0 radical (unpaired) electrons. The van der Waals surface area contributed by atoms with Crippen molar-refractivity contribution in [2.45, 2.75) is 50.1 Å². The van der Waals surface area contributed by atoms with Gasteiger partial charge in [0.1, 0.15) is 6.61 Å². The summed E-state index contributed by atoms with van der Waals surface area (Å²) in [5.41, 5.74) is 4.69. The highest BCUT2D eigenvalue weighted by molar-refractivity contribution is 5.82. The molecule has 2 aromatic rings.